The Hall–Kier alpha value is -1.55. The number of hydrogen-bond donors (Lipinski definition) is 1. The van der Waals surface area contributed by atoms with Crippen molar-refractivity contribution in [3.05, 3.63) is 23.8 Å². The molecule has 4 nitrogen and oxygen atoms in total. The molecule has 0 aromatic heterocycles. The van der Waals surface area contributed by atoms with Crippen LogP contribution in [0.15, 0.2) is 18.2 Å². The smallest absolute Gasteiger partial charge is 0.164 e. The molecule has 0 amide bonds. The van der Waals surface area contributed by atoms with Crippen LogP contribution >= 0.6 is 0 Å². The number of ketones is 1. The second-order valence-corrected chi connectivity index (χ2v) is 5.30. The molecule has 0 aliphatic carbocycles. The van der Waals surface area contributed by atoms with Gasteiger partial charge in [0.05, 0.1) is 13.2 Å². The van der Waals surface area contributed by atoms with Crippen LogP contribution in [0.25, 0.3) is 0 Å². The van der Waals surface area contributed by atoms with Crippen molar-refractivity contribution < 1.29 is 14.3 Å². The largest absolute Gasteiger partial charge is 0.490 e. The normalized spacial score (nSPS) is 15.1. The molecule has 0 saturated carbocycles. The predicted octanol–water partition coefficient (Wildman–Crippen LogP) is 2.16. The monoisotopic (exact) mass is 249 g/mol. The van der Waals surface area contributed by atoms with Gasteiger partial charge in [-0.2, -0.15) is 0 Å². The molecule has 1 aliphatic heterocycles. The Bertz CT molecular complexity index is 449. The minimum atomic E-state index is -0.499. The third-order valence-corrected chi connectivity index (χ3v) is 2.69. The van der Waals surface area contributed by atoms with Gasteiger partial charge in [-0.05, 0) is 32.0 Å². The first-order valence-electron chi connectivity index (χ1n) is 6.17. The molecule has 1 aromatic carbocycles. The van der Waals surface area contributed by atoms with E-state index in [1.54, 1.807) is 18.2 Å². The van der Waals surface area contributed by atoms with Crippen LogP contribution in [0.3, 0.4) is 0 Å². The highest BCUT2D eigenvalue weighted by Crippen LogP contribution is 2.31. The summed E-state index contributed by atoms with van der Waals surface area (Å²) in [6.07, 6.45) is 1.17. The van der Waals surface area contributed by atoms with Crippen molar-refractivity contribution in [2.75, 3.05) is 13.2 Å². The number of fused-ring (bicyclic) bond motifs is 1. The number of carbonyl (C=O) groups excluding carboxylic acids is 1. The zero-order valence-corrected chi connectivity index (χ0v) is 10.9. The van der Waals surface area contributed by atoms with E-state index in [2.05, 4.69) is 0 Å². The van der Waals surface area contributed by atoms with Gasteiger partial charge >= 0.3 is 0 Å². The van der Waals surface area contributed by atoms with Crippen LogP contribution in [0.1, 0.15) is 37.0 Å². The summed E-state index contributed by atoms with van der Waals surface area (Å²) in [5.74, 6) is 1.38. The molecule has 0 radical (unpaired) electrons. The Morgan fingerprint density at radius 3 is 2.61 bits per heavy atom. The standard InChI is InChI=1S/C14H19NO3/c1-14(2,15)9-11(16)10-4-5-12-13(8-10)18-7-3-6-17-12/h4-5,8H,3,6-7,9,15H2,1-2H3. The van der Waals surface area contributed by atoms with Crippen LogP contribution in [0.2, 0.25) is 0 Å². The van der Waals surface area contributed by atoms with Crippen LogP contribution < -0.4 is 15.2 Å². The highest BCUT2D eigenvalue weighted by molar-refractivity contribution is 5.97. The summed E-state index contributed by atoms with van der Waals surface area (Å²) < 4.78 is 11.1. The number of rotatable bonds is 3. The van der Waals surface area contributed by atoms with Crippen molar-refractivity contribution >= 4 is 5.78 Å². The maximum absolute atomic E-state index is 12.1. The lowest BCUT2D eigenvalue weighted by Crippen LogP contribution is -2.34. The Labute approximate surface area is 107 Å². The second kappa shape index (κ2) is 4.98. The summed E-state index contributed by atoms with van der Waals surface area (Å²) >= 11 is 0. The summed E-state index contributed by atoms with van der Waals surface area (Å²) in [7, 11) is 0. The maximum Gasteiger partial charge on any atom is 0.164 e. The Kier molecular flexibility index (Phi) is 3.57. The van der Waals surface area contributed by atoms with Crippen LogP contribution in [-0.2, 0) is 0 Å². The predicted molar refractivity (Wildman–Crippen MR) is 69.3 cm³/mol. The molecule has 0 fully saturated rings. The number of Topliss-reactive ketones (excluding diaryl/α,β-unsaturated/α-hetero) is 1. The first-order valence-corrected chi connectivity index (χ1v) is 6.17. The Morgan fingerprint density at radius 2 is 1.94 bits per heavy atom. The van der Waals surface area contributed by atoms with Gasteiger partial charge in [0, 0.05) is 23.9 Å². The van der Waals surface area contributed by atoms with Crippen LogP contribution in [-0.4, -0.2) is 24.5 Å². The molecule has 4 heteroatoms. The van der Waals surface area contributed by atoms with E-state index in [1.165, 1.54) is 0 Å². The number of benzene rings is 1. The summed E-state index contributed by atoms with van der Waals surface area (Å²) in [6, 6.07) is 5.30. The minimum Gasteiger partial charge on any atom is -0.490 e. The number of ether oxygens (including phenoxy) is 2. The van der Waals surface area contributed by atoms with Gasteiger partial charge in [0.1, 0.15) is 0 Å². The van der Waals surface area contributed by atoms with Gasteiger partial charge in [-0.25, -0.2) is 0 Å². The third kappa shape index (κ3) is 3.23. The zero-order chi connectivity index (χ0) is 13.2. The molecule has 1 heterocycles. The fourth-order valence-corrected chi connectivity index (χ4v) is 1.85. The summed E-state index contributed by atoms with van der Waals surface area (Å²) in [4.78, 5) is 12.1. The van der Waals surface area contributed by atoms with E-state index in [-0.39, 0.29) is 5.78 Å². The Balaban J connectivity index is 2.20. The van der Waals surface area contributed by atoms with E-state index in [0.717, 1.165) is 6.42 Å². The summed E-state index contributed by atoms with van der Waals surface area (Å²) in [5, 5.41) is 0. The van der Waals surface area contributed by atoms with Crippen LogP contribution in [0, 0.1) is 0 Å². The van der Waals surface area contributed by atoms with Crippen molar-refractivity contribution in [3.63, 3.8) is 0 Å². The van der Waals surface area contributed by atoms with Gasteiger partial charge in [0.25, 0.3) is 0 Å². The molecule has 2 N–H and O–H groups in total. The molecule has 0 atom stereocenters. The number of hydrogen-bond acceptors (Lipinski definition) is 4. The van der Waals surface area contributed by atoms with E-state index in [9.17, 15) is 4.79 Å². The van der Waals surface area contributed by atoms with Crippen molar-refractivity contribution in [1.82, 2.24) is 0 Å². The van der Waals surface area contributed by atoms with E-state index >= 15 is 0 Å². The van der Waals surface area contributed by atoms with Gasteiger partial charge in [-0.15, -0.1) is 0 Å². The minimum absolute atomic E-state index is 0.0261. The summed E-state index contributed by atoms with van der Waals surface area (Å²) in [6.45, 7) is 4.95. The SMILES string of the molecule is CC(C)(N)CC(=O)c1ccc2c(c1)OCCCO2. The molecule has 0 spiro atoms. The third-order valence-electron chi connectivity index (χ3n) is 2.69. The lowest BCUT2D eigenvalue weighted by atomic mass is 9.95. The molecular formula is C14H19NO3. The van der Waals surface area contributed by atoms with Crippen LogP contribution in [0.5, 0.6) is 11.5 Å². The Morgan fingerprint density at radius 1 is 1.28 bits per heavy atom. The fraction of sp³-hybridized carbons (Fsp3) is 0.500. The topological polar surface area (TPSA) is 61.6 Å². The highest BCUT2D eigenvalue weighted by atomic mass is 16.5. The van der Waals surface area contributed by atoms with E-state index in [1.807, 2.05) is 13.8 Å². The number of nitrogens with two attached hydrogens (primary N) is 1. The molecule has 18 heavy (non-hydrogen) atoms. The maximum atomic E-state index is 12.1. The number of carbonyl (C=O) groups is 1. The lowest BCUT2D eigenvalue weighted by Gasteiger charge is -2.17. The average molecular weight is 249 g/mol. The molecular weight excluding hydrogens is 230 g/mol. The van der Waals surface area contributed by atoms with E-state index in [4.69, 9.17) is 15.2 Å². The van der Waals surface area contributed by atoms with Crippen molar-refractivity contribution in [2.45, 2.75) is 32.2 Å². The molecule has 98 valence electrons. The molecule has 0 bridgehead atoms. The second-order valence-electron chi connectivity index (χ2n) is 5.30. The van der Waals surface area contributed by atoms with E-state index in [0.29, 0.717) is 36.7 Å². The zero-order valence-electron chi connectivity index (χ0n) is 10.9. The average Bonchev–Trinajstić information content (AvgIpc) is 2.50. The first-order chi connectivity index (χ1) is 8.46. The lowest BCUT2D eigenvalue weighted by molar-refractivity contribution is 0.0960. The van der Waals surface area contributed by atoms with E-state index < -0.39 is 5.54 Å². The molecule has 1 aromatic rings. The molecule has 1 aliphatic rings. The van der Waals surface area contributed by atoms with Crippen LogP contribution in [0.4, 0.5) is 0 Å². The summed E-state index contributed by atoms with van der Waals surface area (Å²) in [5.41, 5.74) is 5.98. The van der Waals surface area contributed by atoms with Gasteiger partial charge in [-0.3, -0.25) is 4.79 Å². The van der Waals surface area contributed by atoms with Gasteiger partial charge in [0.15, 0.2) is 17.3 Å². The fourth-order valence-electron chi connectivity index (χ4n) is 1.85. The van der Waals surface area contributed by atoms with Crippen molar-refractivity contribution in [3.8, 4) is 11.5 Å². The van der Waals surface area contributed by atoms with Crippen molar-refractivity contribution in [1.29, 1.82) is 0 Å². The van der Waals surface area contributed by atoms with Crippen molar-refractivity contribution in [2.24, 2.45) is 5.73 Å². The molecule has 2 rings (SSSR count). The quantitative estimate of drug-likeness (QED) is 0.834. The molecule has 0 unspecified atom stereocenters. The first kappa shape index (κ1) is 12.9. The van der Waals surface area contributed by atoms with Gasteiger partial charge < -0.3 is 15.2 Å². The molecule has 0 saturated heterocycles. The highest BCUT2D eigenvalue weighted by Gasteiger charge is 2.19. The van der Waals surface area contributed by atoms with Gasteiger partial charge in [-0.1, -0.05) is 0 Å². The van der Waals surface area contributed by atoms with Gasteiger partial charge in [0.2, 0.25) is 0 Å².